The molecular formula is C26H21N3O5S. The van der Waals surface area contributed by atoms with Gasteiger partial charge in [0.05, 0.1) is 12.8 Å². The minimum atomic E-state index is -0.593. The van der Waals surface area contributed by atoms with E-state index >= 15 is 0 Å². The standard InChI is InChI=1S/C26H21N3O5S/c1-33-22-15-17(12-13-21(22)34-16-23(30)27-18-8-4-2-5-9-18)14-20-24(31)28-26(35)29(25(20)32)19-10-6-3-7-11-19/h2-15H,16H2,1H3,(H,27,30)(H,28,31,35)/b20-14-. The van der Waals surface area contributed by atoms with Crippen LogP contribution < -0.4 is 25.0 Å². The summed E-state index contributed by atoms with van der Waals surface area (Å²) in [5.41, 5.74) is 1.65. The minimum Gasteiger partial charge on any atom is -0.493 e. The van der Waals surface area contributed by atoms with Gasteiger partial charge in [0.1, 0.15) is 5.57 Å². The summed E-state index contributed by atoms with van der Waals surface area (Å²) in [7, 11) is 1.46. The first kappa shape index (κ1) is 23.7. The number of rotatable bonds is 7. The molecule has 1 heterocycles. The maximum Gasteiger partial charge on any atom is 0.270 e. The first-order valence-electron chi connectivity index (χ1n) is 10.6. The highest BCUT2D eigenvalue weighted by Crippen LogP contribution is 2.30. The van der Waals surface area contributed by atoms with Crippen LogP contribution in [0, 0.1) is 0 Å². The second-order valence-electron chi connectivity index (χ2n) is 7.41. The van der Waals surface area contributed by atoms with Crippen molar-refractivity contribution in [3.8, 4) is 11.5 Å². The van der Waals surface area contributed by atoms with Crippen LogP contribution in [0.2, 0.25) is 0 Å². The molecule has 1 saturated heterocycles. The lowest BCUT2D eigenvalue weighted by atomic mass is 10.1. The molecule has 1 fully saturated rings. The van der Waals surface area contributed by atoms with Gasteiger partial charge in [0.2, 0.25) is 0 Å². The van der Waals surface area contributed by atoms with Crippen molar-refractivity contribution in [3.05, 3.63) is 90.0 Å². The zero-order valence-corrected chi connectivity index (χ0v) is 19.5. The largest absolute Gasteiger partial charge is 0.493 e. The Morgan fingerprint density at radius 2 is 1.69 bits per heavy atom. The molecule has 0 unspecified atom stereocenters. The highest BCUT2D eigenvalue weighted by molar-refractivity contribution is 7.80. The van der Waals surface area contributed by atoms with Gasteiger partial charge in [-0.05, 0) is 60.3 Å². The van der Waals surface area contributed by atoms with Gasteiger partial charge in [0.15, 0.2) is 23.2 Å². The van der Waals surface area contributed by atoms with E-state index in [1.165, 1.54) is 18.1 Å². The van der Waals surface area contributed by atoms with Gasteiger partial charge >= 0.3 is 0 Å². The summed E-state index contributed by atoms with van der Waals surface area (Å²) >= 11 is 5.21. The second-order valence-corrected chi connectivity index (χ2v) is 7.79. The molecule has 0 spiro atoms. The lowest BCUT2D eigenvalue weighted by Crippen LogP contribution is -2.54. The van der Waals surface area contributed by atoms with E-state index in [4.69, 9.17) is 21.7 Å². The summed E-state index contributed by atoms with van der Waals surface area (Å²) in [6, 6.07) is 22.7. The molecule has 8 nitrogen and oxygen atoms in total. The number of benzene rings is 3. The molecule has 1 aliphatic heterocycles. The number of methoxy groups -OCH3 is 1. The van der Waals surface area contributed by atoms with Gasteiger partial charge in [-0.15, -0.1) is 0 Å². The fraction of sp³-hybridized carbons (Fsp3) is 0.0769. The van der Waals surface area contributed by atoms with Crippen molar-refractivity contribution < 1.29 is 23.9 Å². The number of hydrogen-bond acceptors (Lipinski definition) is 6. The number of anilines is 2. The second kappa shape index (κ2) is 10.6. The molecule has 35 heavy (non-hydrogen) atoms. The number of nitrogens with one attached hydrogen (secondary N) is 2. The number of nitrogens with zero attached hydrogens (tertiary/aromatic N) is 1. The third-order valence-corrected chi connectivity index (χ3v) is 5.32. The van der Waals surface area contributed by atoms with Crippen LogP contribution in [0.25, 0.3) is 6.08 Å². The highest BCUT2D eigenvalue weighted by atomic mass is 32.1. The molecule has 3 amide bonds. The van der Waals surface area contributed by atoms with Gasteiger partial charge in [-0.25, -0.2) is 0 Å². The van der Waals surface area contributed by atoms with Gasteiger partial charge in [0, 0.05) is 5.69 Å². The van der Waals surface area contributed by atoms with Crippen LogP contribution in [0.5, 0.6) is 11.5 Å². The number of amides is 3. The third-order valence-electron chi connectivity index (χ3n) is 5.03. The molecule has 2 N–H and O–H groups in total. The van der Waals surface area contributed by atoms with E-state index in [1.54, 1.807) is 54.6 Å². The van der Waals surface area contributed by atoms with E-state index in [-0.39, 0.29) is 23.2 Å². The topological polar surface area (TPSA) is 97.0 Å². The molecule has 0 aromatic heterocycles. The summed E-state index contributed by atoms with van der Waals surface area (Å²) in [5.74, 6) is -0.785. The van der Waals surface area contributed by atoms with Gasteiger partial charge in [-0.1, -0.05) is 42.5 Å². The summed E-state index contributed by atoms with van der Waals surface area (Å²) in [6.07, 6.45) is 1.45. The summed E-state index contributed by atoms with van der Waals surface area (Å²) in [6.45, 7) is -0.226. The van der Waals surface area contributed by atoms with Gasteiger partial charge in [0.25, 0.3) is 17.7 Å². The van der Waals surface area contributed by atoms with Gasteiger partial charge in [-0.3, -0.25) is 24.6 Å². The van der Waals surface area contributed by atoms with Crippen LogP contribution in [-0.2, 0) is 14.4 Å². The van der Waals surface area contributed by atoms with Crippen molar-refractivity contribution in [2.75, 3.05) is 23.9 Å². The number of carbonyl (C=O) groups is 3. The van der Waals surface area contributed by atoms with E-state index in [1.807, 2.05) is 24.3 Å². The molecule has 0 saturated carbocycles. The van der Waals surface area contributed by atoms with Crippen LogP contribution in [0.1, 0.15) is 5.56 Å². The van der Waals surface area contributed by atoms with Crippen molar-refractivity contribution in [1.82, 2.24) is 5.32 Å². The lowest BCUT2D eigenvalue weighted by molar-refractivity contribution is -0.122. The molecule has 0 aliphatic carbocycles. The zero-order valence-electron chi connectivity index (χ0n) is 18.7. The molecule has 9 heteroatoms. The van der Waals surface area contributed by atoms with E-state index in [0.717, 1.165) is 0 Å². The number of para-hydroxylation sites is 2. The minimum absolute atomic E-state index is 0.0125. The number of thiocarbonyl (C=S) groups is 1. The SMILES string of the molecule is COc1cc(/C=C2/C(=O)NC(=S)N(c3ccccc3)C2=O)ccc1OCC(=O)Nc1ccccc1. The molecule has 0 radical (unpaired) electrons. The number of ether oxygens (including phenoxy) is 2. The number of carbonyl (C=O) groups excluding carboxylic acids is 3. The lowest BCUT2D eigenvalue weighted by Gasteiger charge is -2.28. The van der Waals surface area contributed by atoms with Crippen molar-refractivity contribution in [2.45, 2.75) is 0 Å². The molecular weight excluding hydrogens is 466 g/mol. The maximum atomic E-state index is 13.1. The van der Waals surface area contributed by atoms with Crippen LogP contribution >= 0.6 is 12.2 Å². The number of hydrogen-bond donors (Lipinski definition) is 2. The normalized spacial score (nSPS) is 14.5. The average molecular weight is 488 g/mol. The van der Waals surface area contributed by atoms with Gasteiger partial charge < -0.3 is 14.8 Å². The summed E-state index contributed by atoms with van der Waals surface area (Å²) in [5, 5.41) is 5.30. The van der Waals surface area contributed by atoms with Crippen LogP contribution in [0.4, 0.5) is 11.4 Å². The Kier molecular flexibility index (Phi) is 7.18. The van der Waals surface area contributed by atoms with E-state index in [2.05, 4.69) is 10.6 Å². The quantitative estimate of drug-likeness (QED) is 0.301. The van der Waals surface area contributed by atoms with E-state index in [0.29, 0.717) is 28.4 Å². The first-order valence-corrected chi connectivity index (χ1v) is 11.0. The monoisotopic (exact) mass is 487 g/mol. The van der Waals surface area contributed by atoms with E-state index in [9.17, 15) is 14.4 Å². The van der Waals surface area contributed by atoms with Gasteiger partial charge in [-0.2, -0.15) is 0 Å². The van der Waals surface area contributed by atoms with E-state index < -0.39 is 11.8 Å². The predicted octanol–water partition coefficient (Wildman–Crippen LogP) is 3.54. The Balaban J connectivity index is 1.51. The predicted molar refractivity (Wildman–Crippen MR) is 136 cm³/mol. The average Bonchev–Trinajstić information content (AvgIpc) is 2.86. The third kappa shape index (κ3) is 5.53. The maximum absolute atomic E-state index is 13.1. The highest BCUT2D eigenvalue weighted by Gasteiger charge is 2.34. The Labute approximate surface area is 207 Å². The Morgan fingerprint density at radius 1 is 1.00 bits per heavy atom. The molecule has 3 aromatic carbocycles. The fourth-order valence-corrected chi connectivity index (χ4v) is 3.67. The van der Waals surface area contributed by atoms with Crippen LogP contribution in [-0.4, -0.2) is 36.6 Å². The fourth-order valence-electron chi connectivity index (χ4n) is 3.39. The molecule has 4 rings (SSSR count). The first-order chi connectivity index (χ1) is 17.0. The zero-order chi connectivity index (χ0) is 24.8. The smallest absolute Gasteiger partial charge is 0.270 e. The molecule has 0 bridgehead atoms. The summed E-state index contributed by atoms with van der Waals surface area (Å²) in [4.78, 5) is 39.1. The van der Waals surface area contributed by atoms with Crippen molar-refractivity contribution in [3.63, 3.8) is 0 Å². The Hall–Kier alpha value is -4.50. The molecule has 3 aromatic rings. The van der Waals surface area contributed by atoms with Crippen LogP contribution in [0.3, 0.4) is 0 Å². The van der Waals surface area contributed by atoms with Crippen LogP contribution in [0.15, 0.2) is 84.4 Å². The summed E-state index contributed by atoms with van der Waals surface area (Å²) < 4.78 is 11.0. The van der Waals surface area contributed by atoms with Crippen molar-refractivity contribution >= 4 is 52.5 Å². The molecule has 176 valence electrons. The Bertz CT molecular complexity index is 1310. The van der Waals surface area contributed by atoms with Crippen molar-refractivity contribution in [2.24, 2.45) is 0 Å². The van der Waals surface area contributed by atoms with Crippen molar-refractivity contribution in [1.29, 1.82) is 0 Å². The Morgan fingerprint density at radius 3 is 2.37 bits per heavy atom. The molecule has 1 aliphatic rings. The molecule has 0 atom stereocenters.